The first-order chi connectivity index (χ1) is 15.6. The number of nitrogens with zero attached hydrogens (tertiary/aromatic N) is 1. The number of hydrogen-bond acceptors (Lipinski definition) is 6. The summed E-state index contributed by atoms with van der Waals surface area (Å²) in [5.41, 5.74) is 6.36. The van der Waals surface area contributed by atoms with Gasteiger partial charge >= 0.3 is 11.9 Å². The van der Waals surface area contributed by atoms with Crippen LogP contribution in [0.2, 0.25) is 0 Å². The molecule has 1 fully saturated rings. The Hall–Kier alpha value is -3.47. The molecule has 1 saturated heterocycles. The molecular formula is C22H30N4O7. The minimum Gasteiger partial charge on any atom is -0.481 e. The van der Waals surface area contributed by atoms with Gasteiger partial charge in [0.15, 0.2) is 0 Å². The lowest BCUT2D eigenvalue weighted by molar-refractivity contribution is -0.150. The van der Waals surface area contributed by atoms with Crippen LogP contribution in [-0.2, 0) is 30.4 Å². The van der Waals surface area contributed by atoms with Crippen LogP contribution < -0.4 is 16.4 Å². The van der Waals surface area contributed by atoms with Crippen LogP contribution in [0.25, 0.3) is 0 Å². The number of carbonyl (C=O) groups excluding carboxylic acids is 3. The zero-order chi connectivity index (χ0) is 24.5. The number of rotatable bonds is 11. The molecule has 2 rings (SSSR count). The van der Waals surface area contributed by atoms with Crippen molar-refractivity contribution >= 4 is 29.7 Å². The highest BCUT2D eigenvalue weighted by Crippen LogP contribution is 2.20. The summed E-state index contributed by atoms with van der Waals surface area (Å²) in [5, 5.41) is 23.5. The van der Waals surface area contributed by atoms with Crippen molar-refractivity contribution < 1.29 is 34.2 Å². The maximum atomic E-state index is 13.1. The zero-order valence-electron chi connectivity index (χ0n) is 18.4. The lowest BCUT2D eigenvalue weighted by Crippen LogP contribution is -2.57. The predicted octanol–water partition coefficient (Wildman–Crippen LogP) is -0.514. The molecule has 1 aromatic rings. The highest BCUT2D eigenvalue weighted by molar-refractivity contribution is 5.94. The minimum absolute atomic E-state index is 0.117. The van der Waals surface area contributed by atoms with Crippen molar-refractivity contribution in [2.45, 2.75) is 63.2 Å². The Balaban J connectivity index is 2.22. The van der Waals surface area contributed by atoms with Gasteiger partial charge < -0.3 is 31.5 Å². The average Bonchev–Trinajstić information content (AvgIpc) is 3.26. The second-order valence-corrected chi connectivity index (χ2v) is 8.06. The van der Waals surface area contributed by atoms with Crippen molar-refractivity contribution in [3.05, 3.63) is 35.9 Å². The van der Waals surface area contributed by atoms with E-state index in [9.17, 15) is 29.1 Å². The average molecular weight is 463 g/mol. The number of nitrogens with two attached hydrogens (primary N) is 1. The van der Waals surface area contributed by atoms with Gasteiger partial charge in [-0.05, 0) is 31.7 Å². The number of carboxylic acids is 2. The molecule has 0 radical (unpaired) electrons. The largest absolute Gasteiger partial charge is 0.481 e. The molecule has 0 aliphatic carbocycles. The van der Waals surface area contributed by atoms with Gasteiger partial charge in [-0.2, -0.15) is 0 Å². The van der Waals surface area contributed by atoms with Gasteiger partial charge in [0.1, 0.15) is 18.1 Å². The molecule has 1 aliphatic heterocycles. The van der Waals surface area contributed by atoms with Crippen molar-refractivity contribution in [2.24, 2.45) is 5.73 Å². The first-order valence-corrected chi connectivity index (χ1v) is 10.8. The van der Waals surface area contributed by atoms with E-state index in [1.54, 1.807) is 30.3 Å². The molecule has 33 heavy (non-hydrogen) atoms. The van der Waals surface area contributed by atoms with Crippen LogP contribution in [0.3, 0.4) is 0 Å². The molecule has 4 unspecified atom stereocenters. The normalized spacial score (nSPS) is 18.1. The number of benzene rings is 1. The summed E-state index contributed by atoms with van der Waals surface area (Å²) in [6.07, 6.45) is 0.261. The molecule has 6 N–H and O–H groups in total. The standard InChI is InChI=1S/C22H30N4O7/c1-13(23)19(29)25-16(12-14-6-3-2-4-7-14)20(30)24-15(9-10-18(27)28)21(31)26-11-5-8-17(26)22(32)33/h2-4,6-7,13,15-17H,5,8-12,23H2,1H3,(H,24,30)(H,25,29)(H,27,28)(H,32,33). The molecule has 1 heterocycles. The van der Waals surface area contributed by atoms with Gasteiger partial charge in [-0.25, -0.2) is 4.79 Å². The van der Waals surface area contributed by atoms with Crippen molar-refractivity contribution in [1.82, 2.24) is 15.5 Å². The molecule has 0 bridgehead atoms. The van der Waals surface area contributed by atoms with E-state index in [1.165, 1.54) is 6.92 Å². The number of carboxylic acid groups (broad SMARTS) is 2. The lowest BCUT2D eigenvalue weighted by atomic mass is 10.0. The smallest absolute Gasteiger partial charge is 0.326 e. The molecule has 180 valence electrons. The van der Waals surface area contributed by atoms with Gasteiger partial charge in [0.25, 0.3) is 0 Å². The van der Waals surface area contributed by atoms with Crippen LogP contribution >= 0.6 is 0 Å². The van der Waals surface area contributed by atoms with Gasteiger partial charge in [-0.3, -0.25) is 19.2 Å². The molecule has 0 spiro atoms. The number of likely N-dealkylation sites (tertiary alicyclic amines) is 1. The summed E-state index contributed by atoms with van der Waals surface area (Å²) in [7, 11) is 0. The van der Waals surface area contributed by atoms with Gasteiger partial charge in [0, 0.05) is 19.4 Å². The number of amides is 3. The summed E-state index contributed by atoms with van der Waals surface area (Å²) in [5.74, 6) is -4.24. The Labute approximate surface area is 191 Å². The van der Waals surface area contributed by atoms with E-state index in [4.69, 9.17) is 10.8 Å². The summed E-state index contributed by atoms with van der Waals surface area (Å²) in [6.45, 7) is 1.66. The Kier molecular flexibility index (Phi) is 9.34. The fourth-order valence-electron chi connectivity index (χ4n) is 3.65. The Bertz CT molecular complexity index is 875. The highest BCUT2D eigenvalue weighted by atomic mass is 16.4. The van der Waals surface area contributed by atoms with Crippen LogP contribution in [-0.4, -0.2) is 75.5 Å². The first kappa shape index (κ1) is 25.8. The monoisotopic (exact) mass is 462 g/mol. The van der Waals surface area contributed by atoms with E-state index in [0.717, 1.165) is 10.5 Å². The van der Waals surface area contributed by atoms with Crippen molar-refractivity contribution in [2.75, 3.05) is 6.54 Å². The van der Waals surface area contributed by atoms with Crippen molar-refractivity contribution in [3.63, 3.8) is 0 Å². The fraction of sp³-hybridized carbons (Fsp3) is 0.500. The number of nitrogens with one attached hydrogen (secondary N) is 2. The van der Waals surface area contributed by atoms with E-state index in [1.807, 2.05) is 0 Å². The third-order valence-electron chi connectivity index (χ3n) is 5.41. The predicted molar refractivity (Wildman–Crippen MR) is 117 cm³/mol. The minimum atomic E-state index is -1.25. The van der Waals surface area contributed by atoms with E-state index in [-0.39, 0.29) is 25.8 Å². The molecule has 1 aliphatic rings. The fourth-order valence-corrected chi connectivity index (χ4v) is 3.65. The highest BCUT2D eigenvalue weighted by Gasteiger charge is 2.38. The lowest BCUT2D eigenvalue weighted by Gasteiger charge is -2.28. The third kappa shape index (κ3) is 7.56. The molecule has 0 aromatic heterocycles. The van der Waals surface area contributed by atoms with E-state index in [2.05, 4.69) is 10.6 Å². The molecule has 0 saturated carbocycles. The zero-order valence-corrected chi connectivity index (χ0v) is 18.4. The van der Waals surface area contributed by atoms with Crippen molar-refractivity contribution in [1.29, 1.82) is 0 Å². The SMILES string of the molecule is CC(N)C(=O)NC(Cc1ccccc1)C(=O)NC(CCC(=O)O)C(=O)N1CCCC1C(=O)O. The van der Waals surface area contributed by atoms with Gasteiger partial charge in [-0.15, -0.1) is 0 Å². The molecule has 3 amide bonds. The second-order valence-electron chi connectivity index (χ2n) is 8.06. The third-order valence-corrected chi connectivity index (χ3v) is 5.41. The van der Waals surface area contributed by atoms with Crippen LogP contribution in [0.4, 0.5) is 0 Å². The van der Waals surface area contributed by atoms with E-state index in [0.29, 0.717) is 6.42 Å². The van der Waals surface area contributed by atoms with Crippen LogP contribution in [0, 0.1) is 0 Å². The topological polar surface area (TPSA) is 179 Å². The van der Waals surface area contributed by atoms with Crippen LogP contribution in [0.1, 0.15) is 38.2 Å². The molecule has 11 heteroatoms. The molecule has 11 nitrogen and oxygen atoms in total. The second kappa shape index (κ2) is 12.0. The first-order valence-electron chi connectivity index (χ1n) is 10.8. The van der Waals surface area contributed by atoms with E-state index >= 15 is 0 Å². The number of aliphatic carboxylic acids is 2. The van der Waals surface area contributed by atoms with Crippen LogP contribution in [0.15, 0.2) is 30.3 Å². The van der Waals surface area contributed by atoms with Gasteiger partial charge in [-0.1, -0.05) is 30.3 Å². The van der Waals surface area contributed by atoms with Crippen LogP contribution in [0.5, 0.6) is 0 Å². The maximum absolute atomic E-state index is 13.1. The Morgan fingerprint density at radius 1 is 1.06 bits per heavy atom. The Morgan fingerprint density at radius 2 is 1.70 bits per heavy atom. The van der Waals surface area contributed by atoms with Gasteiger partial charge in [0.05, 0.1) is 6.04 Å². The molecule has 4 atom stereocenters. The summed E-state index contributed by atoms with van der Waals surface area (Å²) in [4.78, 5) is 62.1. The summed E-state index contributed by atoms with van der Waals surface area (Å²) >= 11 is 0. The quantitative estimate of drug-likeness (QED) is 0.291. The molecular weight excluding hydrogens is 432 g/mol. The summed E-state index contributed by atoms with van der Waals surface area (Å²) < 4.78 is 0. The van der Waals surface area contributed by atoms with Gasteiger partial charge in [0.2, 0.25) is 17.7 Å². The number of hydrogen-bond donors (Lipinski definition) is 5. The molecule has 1 aromatic carbocycles. The summed E-state index contributed by atoms with van der Waals surface area (Å²) in [6, 6.07) is 4.67. The number of carbonyl (C=O) groups is 5. The van der Waals surface area contributed by atoms with Crippen molar-refractivity contribution in [3.8, 4) is 0 Å². The van der Waals surface area contributed by atoms with E-state index < -0.39 is 60.2 Å². The maximum Gasteiger partial charge on any atom is 0.326 e. The Morgan fingerprint density at radius 3 is 2.27 bits per heavy atom.